The highest BCUT2D eigenvalue weighted by molar-refractivity contribution is 6.18. The van der Waals surface area contributed by atoms with Crippen LogP contribution in [0.25, 0.3) is 71.7 Å². The van der Waals surface area contributed by atoms with Crippen LogP contribution < -0.4 is 4.90 Å². The Morgan fingerprint density at radius 2 is 1.15 bits per heavy atom. The predicted octanol–water partition coefficient (Wildman–Crippen LogP) is 14.1. The number of fused-ring (bicyclic) bond motifs is 9. The lowest BCUT2D eigenvalue weighted by Crippen LogP contribution is -2.16. The van der Waals surface area contributed by atoms with Gasteiger partial charge in [-0.1, -0.05) is 141 Å². The summed E-state index contributed by atoms with van der Waals surface area (Å²) in [4.78, 5) is 2.48. The molecular formula is C51H36N2O. The second kappa shape index (κ2) is 11.6. The number of hydrogen-bond donors (Lipinski definition) is 0. The van der Waals surface area contributed by atoms with Gasteiger partial charge in [0.15, 0.2) is 0 Å². The zero-order chi connectivity index (χ0) is 36.0. The van der Waals surface area contributed by atoms with E-state index in [1.165, 1.54) is 44.1 Å². The van der Waals surface area contributed by atoms with E-state index in [4.69, 9.17) is 4.42 Å². The van der Waals surface area contributed by atoms with Crippen LogP contribution in [-0.4, -0.2) is 4.57 Å². The topological polar surface area (TPSA) is 21.3 Å². The van der Waals surface area contributed by atoms with Crippen LogP contribution >= 0.6 is 0 Å². The SMILES string of the molecule is CC1(C)c2ccccc2-c2c(N(c3cccc(-n4c5ccccc5c5ccccc54)c3)c3ccc(-c4ccccc4)c4oc5ccccc5c34)cccc21. The molecular weight excluding hydrogens is 657 g/mol. The fraction of sp³-hybridized carbons (Fsp3) is 0.0588. The van der Waals surface area contributed by atoms with E-state index in [-0.39, 0.29) is 5.41 Å². The molecule has 0 aliphatic heterocycles. The number of nitrogens with zero attached hydrogens (tertiary/aromatic N) is 2. The van der Waals surface area contributed by atoms with Crippen LogP contribution in [-0.2, 0) is 5.41 Å². The maximum Gasteiger partial charge on any atom is 0.145 e. The summed E-state index contributed by atoms with van der Waals surface area (Å²) >= 11 is 0. The van der Waals surface area contributed by atoms with Crippen LogP contribution in [0.4, 0.5) is 17.1 Å². The third-order valence-electron chi connectivity index (χ3n) is 11.6. The van der Waals surface area contributed by atoms with Gasteiger partial charge in [-0.15, -0.1) is 0 Å². The van der Waals surface area contributed by atoms with Crippen molar-refractivity contribution in [2.45, 2.75) is 19.3 Å². The van der Waals surface area contributed by atoms with Gasteiger partial charge in [-0.3, -0.25) is 0 Å². The van der Waals surface area contributed by atoms with Crippen molar-refractivity contribution in [2.24, 2.45) is 0 Å². The van der Waals surface area contributed by atoms with E-state index < -0.39 is 0 Å². The number of furan rings is 1. The molecule has 11 rings (SSSR count). The first-order valence-corrected chi connectivity index (χ1v) is 18.7. The van der Waals surface area contributed by atoms with Gasteiger partial charge in [-0.05, 0) is 76.9 Å². The molecule has 2 heterocycles. The maximum atomic E-state index is 6.83. The Labute approximate surface area is 314 Å². The van der Waals surface area contributed by atoms with Crippen molar-refractivity contribution >= 4 is 60.8 Å². The van der Waals surface area contributed by atoms with Crippen molar-refractivity contribution in [3.63, 3.8) is 0 Å². The Morgan fingerprint density at radius 3 is 1.94 bits per heavy atom. The molecule has 0 bridgehead atoms. The summed E-state index contributed by atoms with van der Waals surface area (Å²) in [7, 11) is 0. The molecule has 0 amide bonds. The van der Waals surface area contributed by atoms with Gasteiger partial charge < -0.3 is 13.9 Å². The van der Waals surface area contributed by atoms with Crippen LogP contribution in [0.5, 0.6) is 0 Å². The number of para-hydroxylation sites is 3. The first-order chi connectivity index (χ1) is 26.6. The number of rotatable bonds is 5. The summed E-state index contributed by atoms with van der Waals surface area (Å²) in [6, 6.07) is 65.8. The molecule has 3 heteroatoms. The van der Waals surface area contributed by atoms with E-state index in [2.05, 4.69) is 205 Å². The minimum Gasteiger partial charge on any atom is -0.455 e. The fourth-order valence-corrected chi connectivity index (χ4v) is 9.14. The van der Waals surface area contributed by atoms with Crippen molar-refractivity contribution in [3.05, 3.63) is 193 Å². The van der Waals surface area contributed by atoms with Gasteiger partial charge in [0.05, 0.1) is 27.8 Å². The monoisotopic (exact) mass is 692 g/mol. The second-order valence-electron chi connectivity index (χ2n) is 14.9. The molecule has 0 radical (unpaired) electrons. The first-order valence-electron chi connectivity index (χ1n) is 18.7. The Morgan fingerprint density at radius 1 is 0.500 bits per heavy atom. The van der Waals surface area contributed by atoms with Crippen molar-refractivity contribution in [2.75, 3.05) is 4.90 Å². The molecule has 3 nitrogen and oxygen atoms in total. The molecule has 0 unspecified atom stereocenters. The number of benzene rings is 8. The fourth-order valence-electron chi connectivity index (χ4n) is 9.14. The molecule has 0 spiro atoms. The first kappa shape index (κ1) is 30.8. The largest absolute Gasteiger partial charge is 0.455 e. The van der Waals surface area contributed by atoms with E-state index >= 15 is 0 Å². The lowest BCUT2D eigenvalue weighted by molar-refractivity contribution is 0.660. The minimum absolute atomic E-state index is 0.146. The second-order valence-corrected chi connectivity index (χ2v) is 14.9. The molecule has 1 aliphatic rings. The van der Waals surface area contributed by atoms with E-state index in [1.807, 2.05) is 0 Å². The van der Waals surface area contributed by atoms with Crippen LogP contribution in [0.2, 0.25) is 0 Å². The molecule has 0 N–H and O–H groups in total. The van der Waals surface area contributed by atoms with Crippen LogP contribution in [0.1, 0.15) is 25.0 Å². The molecule has 10 aromatic rings. The highest BCUT2D eigenvalue weighted by Crippen LogP contribution is 2.55. The molecule has 8 aromatic carbocycles. The van der Waals surface area contributed by atoms with Crippen LogP contribution in [0, 0.1) is 0 Å². The highest BCUT2D eigenvalue weighted by atomic mass is 16.3. The molecule has 54 heavy (non-hydrogen) atoms. The summed E-state index contributed by atoms with van der Waals surface area (Å²) in [6.45, 7) is 4.70. The molecule has 0 fully saturated rings. The summed E-state index contributed by atoms with van der Waals surface area (Å²) in [5.41, 5.74) is 15.8. The standard InChI is InChI=1S/C51H36N2O/c1-51(2)41-24-10-6-22-39(41)48-42(51)25-15-28-45(48)53(35-19-14-18-34(32-35)52-43-26-11-7-20-37(43)38-21-8-12-27-44(38)52)46-31-30-36(33-16-4-3-5-17-33)50-49(46)40-23-9-13-29-47(40)54-50/h3-32H,1-2H3. The summed E-state index contributed by atoms with van der Waals surface area (Å²) in [6.07, 6.45) is 0. The van der Waals surface area contributed by atoms with Gasteiger partial charge in [0.1, 0.15) is 11.2 Å². The van der Waals surface area contributed by atoms with Gasteiger partial charge in [-0.25, -0.2) is 0 Å². The molecule has 0 saturated carbocycles. The number of anilines is 3. The Balaban J connectivity index is 1.24. The van der Waals surface area contributed by atoms with Gasteiger partial charge in [0.25, 0.3) is 0 Å². The molecule has 256 valence electrons. The smallest absolute Gasteiger partial charge is 0.145 e. The lowest BCUT2D eigenvalue weighted by Gasteiger charge is -2.30. The molecule has 0 atom stereocenters. The lowest BCUT2D eigenvalue weighted by atomic mass is 9.82. The zero-order valence-electron chi connectivity index (χ0n) is 30.1. The number of aromatic nitrogens is 1. The Bertz CT molecular complexity index is 3040. The van der Waals surface area contributed by atoms with Gasteiger partial charge >= 0.3 is 0 Å². The average Bonchev–Trinajstić information content (AvgIpc) is 3.85. The number of hydrogen-bond acceptors (Lipinski definition) is 2. The van der Waals surface area contributed by atoms with Crippen molar-refractivity contribution in [1.82, 2.24) is 4.57 Å². The van der Waals surface area contributed by atoms with E-state index in [0.29, 0.717) is 0 Å². The van der Waals surface area contributed by atoms with Crippen molar-refractivity contribution < 1.29 is 4.42 Å². The van der Waals surface area contributed by atoms with E-state index in [1.54, 1.807) is 0 Å². The Hall–Kier alpha value is -6.84. The average molecular weight is 693 g/mol. The van der Waals surface area contributed by atoms with Gasteiger partial charge in [0, 0.05) is 44.1 Å². The van der Waals surface area contributed by atoms with E-state index in [9.17, 15) is 0 Å². The van der Waals surface area contributed by atoms with Crippen LogP contribution in [0.15, 0.2) is 186 Å². The Kier molecular flexibility index (Phi) is 6.60. The predicted molar refractivity (Wildman–Crippen MR) is 226 cm³/mol. The molecule has 2 aromatic heterocycles. The van der Waals surface area contributed by atoms with E-state index in [0.717, 1.165) is 55.8 Å². The van der Waals surface area contributed by atoms with Gasteiger partial charge in [0.2, 0.25) is 0 Å². The van der Waals surface area contributed by atoms with Crippen molar-refractivity contribution in [3.8, 4) is 27.9 Å². The van der Waals surface area contributed by atoms with Crippen molar-refractivity contribution in [1.29, 1.82) is 0 Å². The highest BCUT2D eigenvalue weighted by Gasteiger charge is 2.38. The summed E-state index contributed by atoms with van der Waals surface area (Å²) in [5.74, 6) is 0. The molecule has 1 aliphatic carbocycles. The molecule has 0 saturated heterocycles. The summed E-state index contributed by atoms with van der Waals surface area (Å²) in [5, 5.41) is 4.69. The normalized spacial score (nSPS) is 13.1. The van der Waals surface area contributed by atoms with Crippen LogP contribution in [0.3, 0.4) is 0 Å². The quantitative estimate of drug-likeness (QED) is 0.179. The third kappa shape index (κ3) is 4.36. The van der Waals surface area contributed by atoms with Gasteiger partial charge in [-0.2, -0.15) is 0 Å². The third-order valence-corrected chi connectivity index (χ3v) is 11.6. The maximum absolute atomic E-state index is 6.83. The zero-order valence-corrected chi connectivity index (χ0v) is 30.1. The summed E-state index contributed by atoms with van der Waals surface area (Å²) < 4.78 is 9.24. The minimum atomic E-state index is -0.146.